The number of anilines is 1. The second-order valence-corrected chi connectivity index (χ2v) is 10.9. The Labute approximate surface area is 258 Å². The SMILES string of the molecule is CC.O=C(O)c1cnc(N2CCN(S(=O)(=O)c3ccc(OC(F)(F)F)cc3)[C@@H](C(=O)NCc3ccc(OC(F)F)c(F)c3)C2)cn1. The number of benzene rings is 2. The molecule has 0 unspecified atom stereocenters. The lowest BCUT2D eigenvalue weighted by molar-refractivity contribution is -0.274. The number of halogens is 6. The maximum absolute atomic E-state index is 14.1. The van der Waals surface area contributed by atoms with Crippen LogP contribution in [0.1, 0.15) is 29.9 Å². The zero-order chi connectivity index (χ0) is 34.2. The van der Waals surface area contributed by atoms with E-state index in [4.69, 9.17) is 5.11 Å². The van der Waals surface area contributed by atoms with E-state index in [-0.39, 0.29) is 43.3 Å². The maximum Gasteiger partial charge on any atom is 0.573 e. The largest absolute Gasteiger partial charge is 0.573 e. The average molecular weight is 680 g/mol. The molecular formula is C27H27F6N5O7S. The first-order chi connectivity index (χ1) is 21.6. The van der Waals surface area contributed by atoms with Gasteiger partial charge in [-0.05, 0) is 42.0 Å². The van der Waals surface area contributed by atoms with Gasteiger partial charge in [-0.15, -0.1) is 13.2 Å². The highest BCUT2D eigenvalue weighted by Gasteiger charge is 2.41. The van der Waals surface area contributed by atoms with Crippen LogP contribution in [0, 0.1) is 5.82 Å². The van der Waals surface area contributed by atoms with Gasteiger partial charge in [0.25, 0.3) is 0 Å². The standard InChI is InChI=1S/C25H21F6N5O7S.C2H6/c26-17-9-14(1-6-20(17)42-24(27)28)10-34-22(37)19-13-35(21-12-32-18(11-33-21)23(38)39)7-8-36(19)44(40,41)16-4-2-15(3-5-16)43-25(29,30)31;1-2/h1-6,9,11-12,19,24H,7-8,10,13H2,(H,34,37)(H,38,39);1-2H3/t19-;/m1./s1. The van der Waals surface area contributed by atoms with Crippen LogP contribution in [0.15, 0.2) is 59.8 Å². The number of carbonyl (C=O) groups is 2. The predicted molar refractivity (Wildman–Crippen MR) is 148 cm³/mol. The zero-order valence-electron chi connectivity index (χ0n) is 24.0. The number of nitrogens with one attached hydrogen (secondary N) is 1. The Morgan fingerprint density at radius 2 is 1.74 bits per heavy atom. The Bertz CT molecular complexity index is 1610. The second kappa shape index (κ2) is 15.1. The molecule has 1 saturated heterocycles. The highest BCUT2D eigenvalue weighted by atomic mass is 32.2. The van der Waals surface area contributed by atoms with Gasteiger partial charge in [-0.2, -0.15) is 13.1 Å². The van der Waals surface area contributed by atoms with Crippen molar-refractivity contribution in [1.29, 1.82) is 0 Å². The summed E-state index contributed by atoms with van der Waals surface area (Å²) in [5, 5.41) is 11.5. The molecule has 1 fully saturated rings. The Balaban J connectivity index is 0.00000282. The van der Waals surface area contributed by atoms with Gasteiger partial charge >= 0.3 is 18.9 Å². The molecule has 19 heteroatoms. The van der Waals surface area contributed by atoms with Gasteiger partial charge in [0.05, 0.1) is 17.3 Å². The molecule has 2 heterocycles. The van der Waals surface area contributed by atoms with Crippen LogP contribution in [-0.2, 0) is 21.4 Å². The van der Waals surface area contributed by atoms with Crippen molar-refractivity contribution >= 4 is 27.7 Å². The Hall–Kier alpha value is -4.65. The van der Waals surface area contributed by atoms with E-state index in [9.17, 15) is 44.3 Å². The van der Waals surface area contributed by atoms with Crippen LogP contribution in [0.3, 0.4) is 0 Å². The van der Waals surface area contributed by atoms with E-state index >= 15 is 0 Å². The van der Waals surface area contributed by atoms with Crippen molar-refractivity contribution in [3.63, 3.8) is 0 Å². The fourth-order valence-corrected chi connectivity index (χ4v) is 5.74. The summed E-state index contributed by atoms with van der Waals surface area (Å²) < 4.78 is 112. The van der Waals surface area contributed by atoms with Gasteiger partial charge in [0, 0.05) is 26.2 Å². The van der Waals surface area contributed by atoms with Crippen molar-refractivity contribution in [1.82, 2.24) is 19.6 Å². The van der Waals surface area contributed by atoms with Crippen molar-refractivity contribution < 1.29 is 58.9 Å². The minimum Gasteiger partial charge on any atom is -0.476 e. The number of aromatic carboxylic acids is 1. The molecule has 250 valence electrons. The number of hydrogen-bond acceptors (Lipinski definition) is 9. The monoisotopic (exact) mass is 679 g/mol. The molecule has 2 aromatic carbocycles. The first kappa shape index (κ1) is 35.8. The van der Waals surface area contributed by atoms with Crippen molar-refractivity contribution in [2.45, 2.75) is 44.3 Å². The van der Waals surface area contributed by atoms with E-state index in [2.05, 4.69) is 24.8 Å². The highest BCUT2D eigenvalue weighted by molar-refractivity contribution is 7.89. The summed E-state index contributed by atoms with van der Waals surface area (Å²) in [6, 6.07) is 4.82. The highest BCUT2D eigenvalue weighted by Crippen LogP contribution is 2.28. The molecular weight excluding hydrogens is 652 g/mol. The molecule has 3 aromatic rings. The number of piperazine rings is 1. The molecule has 1 atom stereocenters. The molecule has 4 rings (SSSR count). The number of ether oxygens (including phenoxy) is 2. The lowest BCUT2D eigenvalue weighted by Gasteiger charge is -2.40. The Morgan fingerprint density at radius 3 is 2.28 bits per heavy atom. The normalized spacial score (nSPS) is 15.5. The summed E-state index contributed by atoms with van der Waals surface area (Å²) in [5.41, 5.74) is -0.241. The number of sulfonamides is 1. The number of aromatic nitrogens is 2. The topological polar surface area (TPSA) is 151 Å². The number of amides is 1. The summed E-state index contributed by atoms with van der Waals surface area (Å²) in [6.45, 7) is -0.313. The number of nitrogens with zero attached hydrogens (tertiary/aromatic N) is 4. The van der Waals surface area contributed by atoms with Gasteiger partial charge in [0.2, 0.25) is 15.9 Å². The third-order valence-electron chi connectivity index (χ3n) is 6.16. The average Bonchev–Trinajstić information content (AvgIpc) is 3.01. The third-order valence-corrected chi connectivity index (χ3v) is 8.08. The molecule has 46 heavy (non-hydrogen) atoms. The van der Waals surface area contributed by atoms with Gasteiger partial charge < -0.3 is 24.8 Å². The van der Waals surface area contributed by atoms with Gasteiger partial charge in [-0.25, -0.2) is 27.6 Å². The summed E-state index contributed by atoms with van der Waals surface area (Å²) in [5.74, 6) is -4.62. The Kier molecular flexibility index (Phi) is 11.8. The first-order valence-electron chi connectivity index (χ1n) is 13.3. The third kappa shape index (κ3) is 9.19. The fraction of sp³-hybridized carbons (Fsp3) is 0.333. The molecule has 1 amide bonds. The lowest BCUT2D eigenvalue weighted by atomic mass is 10.1. The van der Waals surface area contributed by atoms with Gasteiger partial charge in [-0.3, -0.25) is 4.79 Å². The number of carboxylic acids is 1. The predicted octanol–water partition coefficient (Wildman–Crippen LogP) is 4.04. The van der Waals surface area contributed by atoms with Gasteiger partial charge in [-0.1, -0.05) is 19.9 Å². The van der Waals surface area contributed by atoms with E-state index in [1.807, 2.05) is 13.8 Å². The fourth-order valence-electron chi connectivity index (χ4n) is 4.17. The van der Waals surface area contributed by atoms with Crippen molar-refractivity contribution in [2.75, 3.05) is 24.5 Å². The molecule has 0 radical (unpaired) electrons. The minimum absolute atomic E-state index is 0.0454. The van der Waals surface area contributed by atoms with Crippen LogP contribution in [0.4, 0.5) is 32.2 Å². The number of rotatable bonds is 10. The van der Waals surface area contributed by atoms with Crippen molar-refractivity contribution in [3.05, 3.63) is 71.9 Å². The van der Waals surface area contributed by atoms with Gasteiger partial charge in [0.1, 0.15) is 17.6 Å². The summed E-state index contributed by atoms with van der Waals surface area (Å²) >= 11 is 0. The molecule has 0 spiro atoms. The van der Waals surface area contributed by atoms with Crippen molar-refractivity contribution in [3.8, 4) is 11.5 Å². The maximum atomic E-state index is 14.1. The molecule has 1 aromatic heterocycles. The van der Waals surface area contributed by atoms with Crippen LogP contribution in [0.25, 0.3) is 0 Å². The second-order valence-electron chi connectivity index (χ2n) is 9.02. The Morgan fingerprint density at radius 1 is 1.07 bits per heavy atom. The summed E-state index contributed by atoms with van der Waals surface area (Å²) in [4.78, 5) is 33.3. The molecule has 0 aliphatic carbocycles. The van der Waals surface area contributed by atoms with Crippen LogP contribution >= 0.6 is 0 Å². The molecule has 0 bridgehead atoms. The number of carboxylic acid groups (broad SMARTS) is 1. The molecule has 0 saturated carbocycles. The van der Waals surface area contributed by atoms with E-state index in [1.54, 1.807) is 0 Å². The quantitative estimate of drug-likeness (QED) is 0.301. The summed E-state index contributed by atoms with van der Waals surface area (Å²) in [6.07, 6.45) is -2.92. The summed E-state index contributed by atoms with van der Waals surface area (Å²) in [7, 11) is -4.50. The zero-order valence-corrected chi connectivity index (χ0v) is 24.9. The minimum atomic E-state index is -5.01. The van der Waals surface area contributed by atoms with E-state index in [1.165, 1.54) is 11.0 Å². The first-order valence-corrected chi connectivity index (χ1v) is 14.8. The number of hydrogen-bond donors (Lipinski definition) is 2. The van der Waals surface area contributed by atoms with Gasteiger partial charge in [0.15, 0.2) is 17.3 Å². The smallest absolute Gasteiger partial charge is 0.476 e. The van der Waals surface area contributed by atoms with Crippen LogP contribution in [-0.4, -0.2) is 78.3 Å². The number of carbonyl (C=O) groups excluding carboxylic acids is 1. The van der Waals surface area contributed by atoms with Crippen molar-refractivity contribution in [2.24, 2.45) is 0 Å². The van der Waals surface area contributed by atoms with E-state index in [0.29, 0.717) is 0 Å². The van der Waals surface area contributed by atoms with Crippen LogP contribution < -0.4 is 19.7 Å². The van der Waals surface area contributed by atoms with E-state index in [0.717, 1.165) is 53.1 Å². The molecule has 2 N–H and O–H groups in total. The lowest BCUT2D eigenvalue weighted by Crippen LogP contribution is -2.60. The van der Waals surface area contributed by atoms with Crippen LogP contribution in [0.5, 0.6) is 11.5 Å². The number of alkyl halides is 5. The molecule has 1 aliphatic rings. The van der Waals surface area contributed by atoms with E-state index < -0.39 is 63.1 Å². The molecule has 12 nitrogen and oxygen atoms in total. The molecule has 1 aliphatic heterocycles. The van der Waals surface area contributed by atoms with Crippen LogP contribution in [0.2, 0.25) is 0 Å².